The number of hydrogen-bond acceptors (Lipinski definition) is 3. The van der Waals surface area contributed by atoms with Crippen molar-refractivity contribution >= 4 is 17.7 Å². The van der Waals surface area contributed by atoms with Gasteiger partial charge in [0.05, 0.1) is 17.2 Å². The second-order valence-corrected chi connectivity index (χ2v) is 5.13. The number of hydrogen-bond donors (Lipinski definition) is 3. The van der Waals surface area contributed by atoms with Crippen molar-refractivity contribution in [1.82, 2.24) is 5.32 Å². The summed E-state index contributed by atoms with van der Waals surface area (Å²) in [6.07, 6.45) is 2.36. The van der Waals surface area contributed by atoms with Crippen LogP contribution < -0.4 is 10.6 Å². The molecule has 0 aromatic heterocycles. The molecule has 0 spiro atoms. The highest BCUT2D eigenvalue weighted by Gasteiger charge is 2.32. The summed E-state index contributed by atoms with van der Waals surface area (Å²) in [5, 5.41) is 23.3. The maximum absolute atomic E-state index is 11.8. The Morgan fingerprint density at radius 1 is 1.33 bits per heavy atom. The number of aliphatic carboxylic acids is 1. The zero-order chi connectivity index (χ0) is 15.2. The predicted octanol–water partition coefficient (Wildman–Crippen LogP) is 2.18. The van der Waals surface area contributed by atoms with Crippen molar-refractivity contribution < 1.29 is 14.7 Å². The van der Waals surface area contributed by atoms with Gasteiger partial charge >= 0.3 is 12.0 Å². The topological polar surface area (TPSA) is 102 Å². The van der Waals surface area contributed by atoms with Gasteiger partial charge in [0, 0.05) is 6.54 Å². The van der Waals surface area contributed by atoms with E-state index in [9.17, 15) is 9.59 Å². The first-order valence-corrected chi connectivity index (χ1v) is 6.88. The van der Waals surface area contributed by atoms with E-state index in [1.807, 2.05) is 6.07 Å². The monoisotopic (exact) mass is 287 g/mol. The molecule has 2 rings (SSSR count). The van der Waals surface area contributed by atoms with Gasteiger partial charge in [0.1, 0.15) is 6.07 Å². The van der Waals surface area contributed by atoms with Crippen LogP contribution in [0.5, 0.6) is 0 Å². The molecule has 1 aromatic rings. The van der Waals surface area contributed by atoms with Crippen LogP contribution in [0.2, 0.25) is 0 Å². The van der Waals surface area contributed by atoms with E-state index < -0.39 is 12.0 Å². The van der Waals surface area contributed by atoms with E-state index in [1.165, 1.54) is 0 Å². The fourth-order valence-electron chi connectivity index (χ4n) is 2.69. The zero-order valence-corrected chi connectivity index (χ0v) is 11.5. The van der Waals surface area contributed by atoms with E-state index in [1.54, 1.807) is 24.3 Å². The largest absolute Gasteiger partial charge is 0.481 e. The number of nitriles is 1. The smallest absolute Gasteiger partial charge is 0.319 e. The summed E-state index contributed by atoms with van der Waals surface area (Å²) in [6.45, 7) is 0.331. The van der Waals surface area contributed by atoms with Gasteiger partial charge in [0.15, 0.2) is 0 Å². The van der Waals surface area contributed by atoms with Gasteiger partial charge in [-0.1, -0.05) is 18.6 Å². The van der Waals surface area contributed by atoms with Crippen molar-refractivity contribution in [1.29, 1.82) is 5.26 Å². The average Bonchev–Trinajstić information content (AvgIpc) is 2.94. The summed E-state index contributed by atoms with van der Waals surface area (Å²) in [4.78, 5) is 22.9. The molecule has 6 heteroatoms. The van der Waals surface area contributed by atoms with Crippen molar-refractivity contribution in [3.63, 3.8) is 0 Å². The lowest BCUT2D eigenvalue weighted by Gasteiger charge is -2.16. The number of nitrogens with one attached hydrogen (secondary N) is 2. The normalized spacial score (nSPS) is 20.5. The van der Waals surface area contributed by atoms with E-state index in [0.717, 1.165) is 12.8 Å². The molecule has 0 radical (unpaired) electrons. The molecule has 2 atom stereocenters. The molecule has 0 heterocycles. The molecule has 0 aliphatic heterocycles. The molecule has 6 nitrogen and oxygen atoms in total. The second-order valence-electron chi connectivity index (χ2n) is 5.13. The second kappa shape index (κ2) is 6.75. The molecule has 2 unspecified atom stereocenters. The number of urea groups is 1. The molecule has 110 valence electrons. The van der Waals surface area contributed by atoms with Crippen LogP contribution in [0.4, 0.5) is 10.5 Å². The van der Waals surface area contributed by atoms with Gasteiger partial charge in [-0.15, -0.1) is 0 Å². The number of para-hydroxylation sites is 1. The average molecular weight is 287 g/mol. The molecule has 1 aliphatic carbocycles. The first-order chi connectivity index (χ1) is 10.1. The number of benzene rings is 1. The molecule has 2 amide bonds. The Labute approximate surface area is 122 Å². The summed E-state index contributed by atoms with van der Waals surface area (Å²) in [5.41, 5.74) is 0.829. The van der Waals surface area contributed by atoms with Crippen molar-refractivity contribution in [2.75, 3.05) is 11.9 Å². The first kappa shape index (κ1) is 14.9. The van der Waals surface area contributed by atoms with E-state index in [2.05, 4.69) is 10.6 Å². The van der Waals surface area contributed by atoms with Crippen LogP contribution in [-0.4, -0.2) is 23.7 Å². The first-order valence-electron chi connectivity index (χ1n) is 6.88. The van der Waals surface area contributed by atoms with E-state index in [4.69, 9.17) is 10.4 Å². The Bertz CT molecular complexity index is 580. The highest BCUT2D eigenvalue weighted by atomic mass is 16.4. The molecular weight excluding hydrogens is 270 g/mol. The van der Waals surface area contributed by atoms with E-state index in [-0.39, 0.29) is 11.8 Å². The van der Waals surface area contributed by atoms with Crippen molar-refractivity contribution in [3.05, 3.63) is 29.8 Å². The Morgan fingerprint density at radius 2 is 2.10 bits per heavy atom. The molecular formula is C15H17N3O3. The Balaban J connectivity index is 1.88. The molecule has 0 bridgehead atoms. The number of anilines is 1. The van der Waals surface area contributed by atoms with Crippen LogP contribution in [0, 0.1) is 23.2 Å². The fraction of sp³-hybridized carbons (Fsp3) is 0.400. The molecule has 3 N–H and O–H groups in total. The standard InChI is InChI=1S/C15H17N3O3/c16-8-10-4-1-2-7-13(10)18-15(21)17-9-11-5-3-6-12(11)14(19)20/h1-2,4,7,11-12H,3,5-6,9H2,(H,19,20)(H2,17,18,21). The third kappa shape index (κ3) is 3.72. The van der Waals surface area contributed by atoms with Crippen molar-refractivity contribution in [3.8, 4) is 6.07 Å². The van der Waals surface area contributed by atoms with Gasteiger partial charge in [0.2, 0.25) is 0 Å². The number of nitrogens with zero attached hydrogens (tertiary/aromatic N) is 1. The third-order valence-electron chi connectivity index (χ3n) is 3.80. The van der Waals surface area contributed by atoms with Crippen LogP contribution in [0.3, 0.4) is 0 Å². The molecule has 21 heavy (non-hydrogen) atoms. The summed E-state index contributed by atoms with van der Waals surface area (Å²) in [6, 6.07) is 8.29. The number of amides is 2. The lowest BCUT2D eigenvalue weighted by molar-refractivity contribution is -0.142. The quantitative estimate of drug-likeness (QED) is 0.789. The summed E-state index contributed by atoms with van der Waals surface area (Å²) < 4.78 is 0. The van der Waals surface area contributed by atoms with Gasteiger partial charge in [-0.25, -0.2) is 4.79 Å². The lowest BCUT2D eigenvalue weighted by atomic mass is 9.96. The molecule has 1 saturated carbocycles. The SMILES string of the molecule is N#Cc1ccccc1NC(=O)NCC1CCCC1C(=O)O. The van der Waals surface area contributed by atoms with E-state index >= 15 is 0 Å². The van der Waals surface area contributed by atoms with Gasteiger partial charge in [-0.3, -0.25) is 4.79 Å². The van der Waals surface area contributed by atoms with Crippen LogP contribution in [0.1, 0.15) is 24.8 Å². The van der Waals surface area contributed by atoms with Gasteiger partial charge < -0.3 is 15.7 Å². The fourth-order valence-corrected chi connectivity index (χ4v) is 2.69. The van der Waals surface area contributed by atoms with Gasteiger partial charge in [-0.2, -0.15) is 5.26 Å². The van der Waals surface area contributed by atoms with Gasteiger partial charge in [0.25, 0.3) is 0 Å². The maximum Gasteiger partial charge on any atom is 0.319 e. The molecule has 1 aromatic carbocycles. The van der Waals surface area contributed by atoms with Crippen LogP contribution in [0.25, 0.3) is 0 Å². The number of carbonyl (C=O) groups excluding carboxylic acids is 1. The summed E-state index contributed by atoms with van der Waals surface area (Å²) >= 11 is 0. The predicted molar refractivity (Wildman–Crippen MR) is 76.6 cm³/mol. The van der Waals surface area contributed by atoms with Crippen LogP contribution in [-0.2, 0) is 4.79 Å². The van der Waals surface area contributed by atoms with Crippen LogP contribution >= 0.6 is 0 Å². The minimum Gasteiger partial charge on any atom is -0.481 e. The van der Waals surface area contributed by atoms with Crippen molar-refractivity contribution in [2.45, 2.75) is 19.3 Å². The van der Waals surface area contributed by atoms with Crippen molar-refractivity contribution in [2.24, 2.45) is 11.8 Å². The number of carboxylic acids is 1. The lowest BCUT2D eigenvalue weighted by Crippen LogP contribution is -2.35. The molecule has 1 fully saturated rings. The summed E-state index contributed by atoms with van der Waals surface area (Å²) in [7, 11) is 0. The minimum absolute atomic E-state index is 0.0283. The van der Waals surface area contributed by atoms with Gasteiger partial charge in [-0.05, 0) is 30.9 Å². The molecule has 0 saturated heterocycles. The van der Waals surface area contributed by atoms with E-state index in [0.29, 0.717) is 24.2 Å². The summed E-state index contributed by atoms with van der Waals surface area (Å²) in [5.74, 6) is -1.20. The zero-order valence-electron chi connectivity index (χ0n) is 11.5. The Kier molecular flexibility index (Phi) is 4.77. The van der Waals surface area contributed by atoms with Crippen LogP contribution in [0.15, 0.2) is 24.3 Å². The minimum atomic E-state index is -0.797. The highest BCUT2D eigenvalue weighted by molar-refractivity contribution is 5.90. The number of carboxylic acid groups (broad SMARTS) is 1. The number of carbonyl (C=O) groups is 2. The Hall–Kier alpha value is -2.55. The maximum atomic E-state index is 11.8. The number of rotatable bonds is 4. The Morgan fingerprint density at radius 3 is 2.81 bits per heavy atom. The third-order valence-corrected chi connectivity index (χ3v) is 3.80. The molecule has 1 aliphatic rings. The highest BCUT2D eigenvalue weighted by Crippen LogP contribution is 2.31.